The molecule has 2 aromatic rings. The van der Waals surface area contributed by atoms with Gasteiger partial charge in [0.05, 0.1) is 18.1 Å². The first-order valence-corrected chi connectivity index (χ1v) is 8.12. The lowest BCUT2D eigenvalue weighted by Crippen LogP contribution is -2.28. The van der Waals surface area contributed by atoms with Gasteiger partial charge in [0.1, 0.15) is 5.75 Å². The molecule has 1 saturated heterocycles. The van der Waals surface area contributed by atoms with Gasteiger partial charge in [-0.2, -0.15) is 4.98 Å². The van der Waals surface area contributed by atoms with Gasteiger partial charge in [0.2, 0.25) is 11.7 Å². The molecule has 1 atom stereocenters. The lowest BCUT2D eigenvalue weighted by atomic mass is 10.00. The van der Waals surface area contributed by atoms with Crippen LogP contribution in [0.1, 0.15) is 38.0 Å². The van der Waals surface area contributed by atoms with Crippen LogP contribution in [0, 0.1) is 0 Å². The Hall–Kier alpha value is -1.59. The highest BCUT2D eigenvalue weighted by molar-refractivity contribution is 6.30. The van der Waals surface area contributed by atoms with Crippen LogP contribution in [0.4, 0.5) is 0 Å². The van der Waals surface area contributed by atoms with Crippen LogP contribution in [0.2, 0.25) is 5.02 Å². The van der Waals surface area contributed by atoms with Gasteiger partial charge in [-0.1, -0.05) is 23.7 Å². The average molecular weight is 322 g/mol. The molecule has 6 heteroatoms. The molecule has 1 aliphatic rings. The summed E-state index contributed by atoms with van der Waals surface area (Å²) >= 11 is 6.10. The molecule has 3 rings (SSSR count). The number of benzene rings is 1. The quantitative estimate of drug-likeness (QED) is 0.911. The second-order valence-corrected chi connectivity index (χ2v) is 5.92. The number of hydrogen-bond donors (Lipinski definition) is 1. The first-order valence-electron chi connectivity index (χ1n) is 7.75. The van der Waals surface area contributed by atoms with E-state index < -0.39 is 0 Å². The molecule has 1 aromatic heterocycles. The van der Waals surface area contributed by atoms with Crippen molar-refractivity contribution in [1.82, 2.24) is 15.5 Å². The summed E-state index contributed by atoms with van der Waals surface area (Å²) in [5, 5.41) is 8.11. The van der Waals surface area contributed by atoms with Crippen molar-refractivity contribution >= 4 is 11.6 Å². The van der Waals surface area contributed by atoms with Crippen LogP contribution in [0.25, 0.3) is 11.4 Å². The molecule has 0 saturated carbocycles. The second kappa shape index (κ2) is 7.11. The molecular formula is C16H20ClN3O2. The van der Waals surface area contributed by atoms with Gasteiger partial charge in [-0.3, -0.25) is 0 Å². The monoisotopic (exact) mass is 321 g/mol. The fourth-order valence-corrected chi connectivity index (χ4v) is 2.76. The predicted molar refractivity (Wildman–Crippen MR) is 85.4 cm³/mol. The van der Waals surface area contributed by atoms with Crippen molar-refractivity contribution in [1.29, 1.82) is 0 Å². The minimum Gasteiger partial charge on any atom is -0.493 e. The zero-order chi connectivity index (χ0) is 15.4. The van der Waals surface area contributed by atoms with Crippen molar-refractivity contribution in [3.63, 3.8) is 0 Å². The number of nitrogens with zero attached hydrogens (tertiary/aromatic N) is 2. The molecule has 0 unspecified atom stereocenters. The third-order valence-electron chi connectivity index (χ3n) is 3.73. The number of hydrogen-bond acceptors (Lipinski definition) is 5. The summed E-state index contributed by atoms with van der Waals surface area (Å²) in [7, 11) is 0. The maximum Gasteiger partial charge on any atom is 0.231 e. The number of rotatable bonds is 5. The summed E-state index contributed by atoms with van der Waals surface area (Å²) in [6.45, 7) is 4.65. The molecular weight excluding hydrogens is 302 g/mol. The van der Waals surface area contributed by atoms with Gasteiger partial charge in [0, 0.05) is 11.6 Å². The van der Waals surface area contributed by atoms with E-state index in [-0.39, 0.29) is 5.92 Å². The third-order valence-corrected chi connectivity index (χ3v) is 3.97. The van der Waals surface area contributed by atoms with Crippen molar-refractivity contribution in [2.45, 2.75) is 32.1 Å². The lowest BCUT2D eigenvalue weighted by molar-refractivity contribution is 0.316. The first-order chi connectivity index (χ1) is 10.8. The highest BCUT2D eigenvalue weighted by Crippen LogP contribution is 2.32. The van der Waals surface area contributed by atoms with Crippen molar-refractivity contribution in [3.8, 4) is 17.1 Å². The molecule has 0 bridgehead atoms. The van der Waals surface area contributed by atoms with Crippen LogP contribution in [-0.2, 0) is 0 Å². The van der Waals surface area contributed by atoms with Crippen LogP contribution < -0.4 is 10.1 Å². The maximum atomic E-state index is 6.10. The van der Waals surface area contributed by atoms with E-state index in [9.17, 15) is 0 Å². The van der Waals surface area contributed by atoms with Gasteiger partial charge in [-0.25, -0.2) is 0 Å². The van der Waals surface area contributed by atoms with E-state index in [1.165, 1.54) is 0 Å². The standard InChI is InChI=1S/C16H20ClN3O2/c1-2-8-21-14-6-5-12(17)9-13(14)15-19-16(22-20-15)11-4-3-7-18-10-11/h5-6,9,11,18H,2-4,7-8,10H2,1H3/t11-/m1/s1. The fraction of sp³-hybridized carbons (Fsp3) is 0.500. The van der Waals surface area contributed by atoms with Gasteiger partial charge < -0.3 is 14.6 Å². The minimum absolute atomic E-state index is 0.286. The predicted octanol–water partition coefficient (Wildman–Crippen LogP) is 3.65. The molecule has 1 N–H and O–H groups in total. The Labute approximate surface area is 135 Å². The van der Waals surface area contributed by atoms with E-state index in [0.29, 0.717) is 23.3 Å². The Kier molecular flexibility index (Phi) is 4.95. The van der Waals surface area contributed by atoms with Crippen LogP contribution in [0.3, 0.4) is 0 Å². The Morgan fingerprint density at radius 2 is 2.36 bits per heavy atom. The Bertz CT molecular complexity index is 624. The van der Waals surface area contributed by atoms with Gasteiger partial charge in [-0.15, -0.1) is 0 Å². The zero-order valence-electron chi connectivity index (χ0n) is 12.6. The normalized spacial score (nSPS) is 18.4. The molecule has 2 heterocycles. The Morgan fingerprint density at radius 1 is 1.45 bits per heavy atom. The highest BCUT2D eigenvalue weighted by atomic mass is 35.5. The van der Waals surface area contributed by atoms with Crippen molar-refractivity contribution in [2.75, 3.05) is 19.7 Å². The van der Waals surface area contributed by atoms with E-state index in [2.05, 4.69) is 22.4 Å². The number of aromatic nitrogens is 2. The summed E-state index contributed by atoms with van der Waals surface area (Å²) in [5.74, 6) is 2.24. The Morgan fingerprint density at radius 3 is 3.14 bits per heavy atom. The van der Waals surface area contributed by atoms with Crippen molar-refractivity contribution < 1.29 is 9.26 Å². The molecule has 0 radical (unpaired) electrons. The Balaban J connectivity index is 1.86. The van der Waals surface area contributed by atoms with Gasteiger partial charge in [0.15, 0.2) is 0 Å². The smallest absolute Gasteiger partial charge is 0.231 e. The SMILES string of the molecule is CCCOc1ccc(Cl)cc1-c1noc([C@@H]2CCCNC2)n1. The van der Waals surface area contributed by atoms with E-state index >= 15 is 0 Å². The van der Waals surface area contributed by atoms with Gasteiger partial charge in [-0.05, 0) is 44.0 Å². The molecule has 1 aliphatic heterocycles. The van der Waals surface area contributed by atoms with E-state index in [1.807, 2.05) is 18.2 Å². The molecule has 22 heavy (non-hydrogen) atoms. The molecule has 118 valence electrons. The number of piperidine rings is 1. The molecule has 1 aromatic carbocycles. The summed E-state index contributed by atoms with van der Waals surface area (Å²) < 4.78 is 11.2. The van der Waals surface area contributed by atoms with E-state index in [0.717, 1.165) is 43.7 Å². The molecule has 5 nitrogen and oxygen atoms in total. The largest absolute Gasteiger partial charge is 0.493 e. The summed E-state index contributed by atoms with van der Waals surface area (Å²) in [6, 6.07) is 5.48. The van der Waals surface area contributed by atoms with Gasteiger partial charge in [0.25, 0.3) is 0 Å². The van der Waals surface area contributed by atoms with Crippen LogP contribution in [-0.4, -0.2) is 29.8 Å². The second-order valence-electron chi connectivity index (χ2n) is 5.49. The summed E-state index contributed by atoms with van der Waals surface area (Å²) in [5.41, 5.74) is 0.778. The van der Waals surface area contributed by atoms with E-state index in [4.69, 9.17) is 20.9 Å². The maximum absolute atomic E-state index is 6.10. The average Bonchev–Trinajstić information content (AvgIpc) is 3.04. The van der Waals surface area contributed by atoms with Gasteiger partial charge >= 0.3 is 0 Å². The number of halogens is 1. The molecule has 1 fully saturated rings. The molecule has 0 aliphatic carbocycles. The van der Waals surface area contributed by atoms with Crippen molar-refractivity contribution in [2.24, 2.45) is 0 Å². The number of ether oxygens (including phenoxy) is 1. The molecule has 0 spiro atoms. The van der Waals surface area contributed by atoms with Crippen LogP contribution in [0.5, 0.6) is 5.75 Å². The minimum atomic E-state index is 0.286. The topological polar surface area (TPSA) is 60.2 Å². The highest BCUT2D eigenvalue weighted by Gasteiger charge is 2.22. The lowest BCUT2D eigenvalue weighted by Gasteiger charge is -2.18. The van der Waals surface area contributed by atoms with E-state index in [1.54, 1.807) is 0 Å². The van der Waals surface area contributed by atoms with Crippen LogP contribution in [0.15, 0.2) is 22.7 Å². The third kappa shape index (κ3) is 3.42. The summed E-state index contributed by atoms with van der Waals surface area (Å²) in [6.07, 6.45) is 3.14. The number of nitrogens with one attached hydrogen (secondary N) is 1. The zero-order valence-corrected chi connectivity index (χ0v) is 13.4. The molecule has 0 amide bonds. The van der Waals surface area contributed by atoms with Crippen LogP contribution >= 0.6 is 11.6 Å². The first kappa shape index (κ1) is 15.3. The fourth-order valence-electron chi connectivity index (χ4n) is 2.59. The summed E-state index contributed by atoms with van der Waals surface area (Å²) in [4.78, 5) is 4.56. The van der Waals surface area contributed by atoms with Crippen molar-refractivity contribution in [3.05, 3.63) is 29.1 Å².